The van der Waals surface area contributed by atoms with E-state index in [1.165, 1.54) is 18.4 Å². The lowest BCUT2D eigenvalue weighted by Gasteiger charge is -2.11. The number of rotatable bonds is 9. The Balaban J connectivity index is 1.65. The van der Waals surface area contributed by atoms with E-state index in [9.17, 15) is 0 Å². The summed E-state index contributed by atoms with van der Waals surface area (Å²) in [4.78, 5) is 0. The van der Waals surface area contributed by atoms with Crippen LogP contribution in [0.1, 0.15) is 38.0 Å². The molecule has 4 nitrogen and oxygen atoms in total. The van der Waals surface area contributed by atoms with Crippen molar-refractivity contribution in [1.29, 1.82) is 0 Å². The predicted molar refractivity (Wildman–Crippen MR) is 69.3 cm³/mol. The minimum Gasteiger partial charge on any atom is -0.467 e. The third kappa shape index (κ3) is 4.80. The Morgan fingerprint density at radius 1 is 1.50 bits per heavy atom. The van der Waals surface area contributed by atoms with Gasteiger partial charge < -0.3 is 19.2 Å². The van der Waals surface area contributed by atoms with E-state index in [-0.39, 0.29) is 6.10 Å². The topological polar surface area (TPSA) is 43.6 Å². The van der Waals surface area contributed by atoms with Gasteiger partial charge in [-0.1, -0.05) is 0 Å². The van der Waals surface area contributed by atoms with Crippen molar-refractivity contribution in [2.45, 2.75) is 52.0 Å². The van der Waals surface area contributed by atoms with Crippen LogP contribution in [0.4, 0.5) is 0 Å². The van der Waals surface area contributed by atoms with Crippen molar-refractivity contribution in [1.82, 2.24) is 5.32 Å². The highest BCUT2D eigenvalue weighted by molar-refractivity contribution is 5.12. The zero-order chi connectivity index (χ0) is 12.8. The number of nitrogens with one attached hydrogen (secondary N) is 1. The van der Waals surface area contributed by atoms with Crippen LogP contribution in [-0.4, -0.2) is 25.4 Å². The Hall–Kier alpha value is -0.840. The summed E-state index contributed by atoms with van der Waals surface area (Å²) >= 11 is 0. The van der Waals surface area contributed by atoms with Crippen molar-refractivity contribution in [2.75, 3.05) is 13.2 Å². The molecular weight excluding hydrogens is 230 g/mol. The van der Waals surface area contributed by atoms with Gasteiger partial charge in [0.1, 0.15) is 12.4 Å². The maximum Gasteiger partial charge on any atom is 0.129 e. The Kier molecular flexibility index (Phi) is 5.23. The molecule has 4 heteroatoms. The Morgan fingerprint density at radius 3 is 3.06 bits per heavy atom. The molecular formula is C14H23NO3. The first-order chi connectivity index (χ1) is 8.78. The van der Waals surface area contributed by atoms with Gasteiger partial charge in [-0.25, -0.2) is 0 Å². The van der Waals surface area contributed by atoms with Gasteiger partial charge in [0.2, 0.25) is 0 Å². The van der Waals surface area contributed by atoms with Gasteiger partial charge in [-0.05, 0) is 32.8 Å². The summed E-state index contributed by atoms with van der Waals surface area (Å²) in [5.74, 6) is 0.881. The molecule has 0 radical (unpaired) electrons. The molecule has 0 aromatic carbocycles. The molecule has 1 heterocycles. The van der Waals surface area contributed by atoms with Crippen LogP contribution in [0.25, 0.3) is 0 Å². The van der Waals surface area contributed by atoms with Gasteiger partial charge in [-0.2, -0.15) is 0 Å². The molecule has 1 unspecified atom stereocenters. The molecule has 2 rings (SSSR count). The summed E-state index contributed by atoms with van der Waals surface area (Å²) in [6.45, 7) is 6.76. The normalized spacial score (nSPS) is 17.0. The zero-order valence-corrected chi connectivity index (χ0v) is 11.3. The summed E-state index contributed by atoms with van der Waals surface area (Å²) < 4.78 is 16.4. The minimum atomic E-state index is 0.100. The first kappa shape index (κ1) is 13.6. The third-order valence-electron chi connectivity index (χ3n) is 2.95. The molecule has 1 fully saturated rings. The van der Waals surface area contributed by atoms with Crippen molar-refractivity contribution < 1.29 is 13.9 Å². The minimum absolute atomic E-state index is 0.100. The van der Waals surface area contributed by atoms with E-state index in [1.807, 2.05) is 13.8 Å². The molecule has 1 aliphatic carbocycles. The summed E-state index contributed by atoms with van der Waals surface area (Å²) in [7, 11) is 0. The predicted octanol–water partition coefficient (Wildman–Crippen LogP) is 2.47. The molecule has 102 valence electrons. The second kappa shape index (κ2) is 6.92. The number of hydrogen-bond acceptors (Lipinski definition) is 4. The second-order valence-electron chi connectivity index (χ2n) is 4.86. The molecule has 1 N–H and O–H groups in total. The van der Waals surface area contributed by atoms with Crippen LogP contribution < -0.4 is 5.32 Å². The quantitative estimate of drug-likeness (QED) is 0.734. The van der Waals surface area contributed by atoms with E-state index >= 15 is 0 Å². The lowest BCUT2D eigenvalue weighted by Crippen LogP contribution is -2.15. The van der Waals surface area contributed by atoms with E-state index in [2.05, 4.69) is 11.4 Å². The molecule has 18 heavy (non-hydrogen) atoms. The molecule has 1 aromatic heterocycles. The molecule has 1 aliphatic rings. The highest BCUT2D eigenvalue weighted by Crippen LogP contribution is 2.19. The van der Waals surface area contributed by atoms with Crippen LogP contribution in [-0.2, 0) is 22.6 Å². The lowest BCUT2D eigenvalue weighted by molar-refractivity contribution is -0.0170. The maximum atomic E-state index is 5.64. The molecule has 0 bridgehead atoms. The fraction of sp³-hybridized carbons (Fsp3) is 0.714. The Morgan fingerprint density at radius 2 is 2.33 bits per heavy atom. The first-order valence-corrected chi connectivity index (χ1v) is 6.77. The standard InChI is InChI=1S/C14H23NO3/c1-3-16-8-11(2)17-10-14-6-12(9-18-14)7-15-13-4-5-13/h6,9,11,13,15H,3-5,7-8,10H2,1-2H3. The molecule has 0 aliphatic heterocycles. The summed E-state index contributed by atoms with van der Waals surface area (Å²) in [5, 5.41) is 3.46. The smallest absolute Gasteiger partial charge is 0.129 e. The molecule has 0 amide bonds. The number of hydrogen-bond donors (Lipinski definition) is 1. The van der Waals surface area contributed by atoms with Gasteiger partial charge in [-0.15, -0.1) is 0 Å². The van der Waals surface area contributed by atoms with Crippen LogP contribution in [0.5, 0.6) is 0 Å². The van der Waals surface area contributed by atoms with E-state index < -0.39 is 0 Å². The van der Waals surface area contributed by atoms with Gasteiger partial charge in [0, 0.05) is 24.8 Å². The lowest BCUT2D eigenvalue weighted by atomic mass is 10.3. The summed E-state index contributed by atoms with van der Waals surface area (Å²) in [6, 6.07) is 2.79. The van der Waals surface area contributed by atoms with Crippen molar-refractivity contribution in [3.8, 4) is 0 Å². The van der Waals surface area contributed by atoms with Crippen LogP contribution in [0.15, 0.2) is 16.7 Å². The number of furan rings is 1. The van der Waals surface area contributed by atoms with E-state index in [0.717, 1.165) is 25.0 Å². The fourth-order valence-corrected chi connectivity index (χ4v) is 1.70. The highest BCUT2D eigenvalue weighted by Gasteiger charge is 2.20. The van der Waals surface area contributed by atoms with Gasteiger partial charge >= 0.3 is 0 Å². The van der Waals surface area contributed by atoms with Crippen LogP contribution >= 0.6 is 0 Å². The molecule has 0 spiro atoms. The van der Waals surface area contributed by atoms with Crippen molar-refractivity contribution in [2.24, 2.45) is 0 Å². The maximum absolute atomic E-state index is 5.64. The van der Waals surface area contributed by atoms with Gasteiger partial charge in [0.05, 0.1) is 19.0 Å². The van der Waals surface area contributed by atoms with Crippen molar-refractivity contribution >= 4 is 0 Å². The van der Waals surface area contributed by atoms with Crippen LogP contribution in [0.2, 0.25) is 0 Å². The summed E-state index contributed by atoms with van der Waals surface area (Å²) in [6.07, 6.45) is 4.52. The zero-order valence-electron chi connectivity index (χ0n) is 11.3. The monoisotopic (exact) mass is 253 g/mol. The largest absolute Gasteiger partial charge is 0.467 e. The fourth-order valence-electron chi connectivity index (χ4n) is 1.70. The Labute approximate surface area is 109 Å². The molecule has 1 atom stereocenters. The van der Waals surface area contributed by atoms with Crippen LogP contribution in [0.3, 0.4) is 0 Å². The van der Waals surface area contributed by atoms with Crippen molar-refractivity contribution in [3.05, 3.63) is 23.7 Å². The van der Waals surface area contributed by atoms with Gasteiger partial charge in [0.15, 0.2) is 0 Å². The Bertz CT molecular complexity index is 347. The SMILES string of the molecule is CCOCC(C)OCc1cc(CNC2CC2)co1. The average Bonchev–Trinajstić information content (AvgIpc) is 3.10. The number of ether oxygens (including phenoxy) is 2. The molecule has 0 saturated heterocycles. The van der Waals surface area contributed by atoms with E-state index in [1.54, 1.807) is 6.26 Å². The van der Waals surface area contributed by atoms with Gasteiger partial charge in [0.25, 0.3) is 0 Å². The van der Waals surface area contributed by atoms with E-state index in [4.69, 9.17) is 13.9 Å². The molecule has 1 aromatic rings. The van der Waals surface area contributed by atoms with Crippen molar-refractivity contribution in [3.63, 3.8) is 0 Å². The second-order valence-corrected chi connectivity index (χ2v) is 4.86. The first-order valence-electron chi connectivity index (χ1n) is 6.77. The van der Waals surface area contributed by atoms with Crippen LogP contribution in [0, 0.1) is 0 Å². The van der Waals surface area contributed by atoms with E-state index in [0.29, 0.717) is 13.2 Å². The average molecular weight is 253 g/mol. The summed E-state index contributed by atoms with van der Waals surface area (Å²) in [5.41, 5.74) is 1.19. The highest BCUT2D eigenvalue weighted by atomic mass is 16.5. The third-order valence-corrected chi connectivity index (χ3v) is 2.95. The van der Waals surface area contributed by atoms with Gasteiger partial charge in [-0.3, -0.25) is 0 Å². The molecule has 1 saturated carbocycles.